The maximum Gasteiger partial charge on any atom is 0.247 e. The van der Waals surface area contributed by atoms with Gasteiger partial charge in [0.15, 0.2) is 11.5 Å². The Morgan fingerprint density at radius 3 is 2.71 bits per heavy atom. The first-order valence-electron chi connectivity index (χ1n) is 7.29. The first-order valence-corrected chi connectivity index (χ1v) is 7.29. The highest BCUT2D eigenvalue weighted by molar-refractivity contribution is 5.92. The van der Waals surface area contributed by atoms with Crippen molar-refractivity contribution < 1.29 is 19.0 Å². The normalized spacial score (nSPS) is 26.6. The SMILES string of the molecule is O=C(/C=C/c1ccc2c(c1)OCO2)N1C2CCC1COC2. The standard InChI is InChI=1S/C16H17NO4/c18-16(17-12-3-4-13(17)9-19-8-12)6-2-11-1-5-14-15(7-11)21-10-20-14/h1-2,5-7,12-13H,3-4,8-10H2/b6-2+. The van der Waals surface area contributed by atoms with Crippen molar-refractivity contribution in [3.8, 4) is 11.5 Å². The molecule has 5 nitrogen and oxygen atoms in total. The highest BCUT2D eigenvalue weighted by Crippen LogP contribution is 2.33. The molecule has 3 aliphatic heterocycles. The molecule has 3 aliphatic rings. The molecule has 2 unspecified atom stereocenters. The Hall–Kier alpha value is -2.01. The fourth-order valence-electron chi connectivity index (χ4n) is 3.26. The third-order valence-electron chi connectivity index (χ3n) is 4.31. The maximum atomic E-state index is 12.4. The van der Waals surface area contributed by atoms with E-state index >= 15 is 0 Å². The highest BCUT2D eigenvalue weighted by atomic mass is 16.7. The van der Waals surface area contributed by atoms with Crippen LogP contribution < -0.4 is 9.47 Å². The molecule has 4 rings (SSSR count). The van der Waals surface area contributed by atoms with Gasteiger partial charge in [-0.2, -0.15) is 0 Å². The number of rotatable bonds is 2. The van der Waals surface area contributed by atoms with E-state index in [1.165, 1.54) is 0 Å². The molecule has 1 aromatic carbocycles. The zero-order valence-electron chi connectivity index (χ0n) is 11.7. The Morgan fingerprint density at radius 1 is 1.14 bits per heavy atom. The number of hydrogen-bond acceptors (Lipinski definition) is 4. The molecule has 1 aromatic rings. The molecule has 5 heteroatoms. The summed E-state index contributed by atoms with van der Waals surface area (Å²) in [5.74, 6) is 1.56. The van der Waals surface area contributed by atoms with Crippen molar-refractivity contribution in [2.75, 3.05) is 20.0 Å². The van der Waals surface area contributed by atoms with Gasteiger partial charge in [0.05, 0.1) is 25.3 Å². The predicted octanol–water partition coefficient (Wildman–Crippen LogP) is 1.82. The molecule has 0 spiro atoms. The average molecular weight is 287 g/mol. The summed E-state index contributed by atoms with van der Waals surface area (Å²) in [5.41, 5.74) is 0.938. The van der Waals surface area contributed by atoms with Crippen molar-refractivity contribution in [2.24, 2.45) is 0 Å². The van der Waals surface area contributed by atoms with Crippen LogP contribution in [0.15, 0.2) is 24.3 Å². The van der Waals surface area contributed by atoms with Crippen molar-refractivity contribution in [3.63, 3.8) is 0 Å². The van der Waals surface area contributed by atoms with Crippen LogP contribution in [-0.2, 0) is 9.53 Å². The second kappa shape index (κ2) is 5.07. The van der Waals surface area contributed by atoms with Crippen LogP contribution in [0.2, 0.25) is 0 Å². The molecule has 0 saturated carbocycles. The number of carbonyl (C=O) groups excluding carboxylic acids is 1. The molecule has 21 heavy (non-hydrogen) atoms. The van der Waals surface area contributed by atoms with E-state index in [4.69, 9.17) is 14.2 Å². The van der Waals surface area contributed by atoms with Gasteiger partial charge >= 0.3 is 0 Å². The Morgan fingerprint density at radius 2 is 1.90 bits per heavy atom. The van der Waals surface area contributed by atoms with E-state index in [2.05, 4.69) is 0 Å². The molecule has 1 amide bonds. The third kappa shape index (κ3) is 2.27. The van der Waals surface area contributed by atoms with Crippen LogP contribution in [0.5, 0.6) is 11.5 Å². The minimum Gasteiger partial charge on any atom is -0.454 e. The van der Waals surface area contributed by atoms with Crippen LogP contribution in [0.4, 0.5) is 0 Å². The van der Waals surface area contributed by atoms with Crippen molar-refractivity contribution in [2.45, 2.75) is 24.9 Å². The van der Waals surface area contributed by atoms with E-state index in [1.807, 2.05) is 29.2 Å². The Bertz CT molecular complexity index is 582. The van der Waals surface area contributed by atoms with Crippen LogP contribution in [0.1, 0.15) is 18.4 Å². The van der Waals surface area contributed by atoms with Gasteiger partial charge < -0.3 is 19.1 Å². The van der Waals surface area contributed by atoms with Gasteiger partial charge in [-0.25, -0.2) is 0 Å². The van der Waals surface area contributed by atoms with E-state index in [-0.39, 0.29) is 24.8 Å². The second-order valence-corrected chi connectivity index (χ2v) is 5.61. The summed E-state index contributed by atoms with van der Waals surface area (Å²) in [4.78, 5) is 14.4. The summed E-state index contributed by atoms with van der Waals surface area (Å²) in [6.07, 6.45) is 5.58. The average Bonchev–Trinajstić information content (AvgIpc) is 3.06. The number of hydrogen-bond donors (Lipinski definition) is 0. The quantitative estimate of drug-likeness (QED) is 0.779. The third-order valence-corrected chi connectivity index (χ3v) is 4.31. The maximum absolute atomic E-state index is 12.4. The Kier molecular flexibility index (Phi) is 3.07. The molecular formula is C16H17NO4. The minimum absolute atomic E-state index is 0.0727. The Labute approximate surface area is 123 Å². The van der Waals surface area contributed by atoms with Crippen LogP contribution in [0.25, 0.3) is 6.08 Å². The number of morpholine rings is 1. The van der Waals surface area contributed by atoms with Crippen molar-refractivity contribution in [1.82, 2.24) is 4.90 Å². The van der Waals surface area contributed by atoms with E-state index in [1.54, 1.807) is 6.08 Å². The summed E-state index contributed by atoms with van der Waals surface area (Å²) >= 11 is 0. The molecule has 2 bridgehead atoms. The number of fused-ring (bicyclic) bond motifs is 3. The number of amides is 1. The fraction of sp³-hybridized carbons (Fsp3) is 0.438. The predicted molar refractivity (Wildman–Crippen MR) is 76.1 cm³/mol. The van der Waals surface area contributed by atoms with Crippen molar-refractivity contribution >= 4 is 12.0 Å². The fourth-order valence-corrected chi connectivity index (χ4v) is 3.26. The lowest BCUT2D eigenvalue weighted by Crippen LogP contribution is -2.48. The molecule has 2 saturated heterocycles. The molecule has 2 atom stereocenters. The van der Waals surface area contributed by atoms with Gasteiger partial charge in [0.1, 0.15) is 0 Å². The summed E-state index contributed by atoms with van der Waals surface area (Å²) < 4.78 is 16.1. The Balaban J connectivity index is 1.49. The zero-order chi connectivity index (χ0) is 14.2. The summed E-state index contributed by atoms with van der Waals surface area (Å²) in [7, 11) is 0. The zero-order valence-corrected chi connectivity index (χ0v) is 11.7. The number of benzene rings is 1. The van der Waals surface area contributed by atoms with Gasteiger partial charge in [-0.15, -0.1) is 0 Å². The molecular weight excluding hydrogens is 270 g/mol. The lowest BCUT2D eigenvalue weighted by molar-refractivity contribution is -0.135. The highest BCUT2D eigenvalue weighted by Gasteiger charge is 2.39. The van der Waals surface area contributed by atoms with Crippen LogP contribution in [0.3, 0.4) is 0 Å². The molecule has 110 valence electrons. The first-order chi connectivity index (χ1) is 10.3. The molecule has 3 heterocycles. The smallest absolute Gasteiger partial charge is 0.247 e. The van der Waals surface area contributed by atoms with Crippen molar-refractivity contribution in [3.05, 3.63) is 29.8 Å². The largest absolute Gasteiger partial charge is 0.454 e. The molecule has 0 radical (unpaired) electrons. The summed E-state index contributed by atoms with van der Waals surface area (Å²) in [5, 5.41) is 0. The lowest BCUT2D eigenvalue weighted by Gasteiger charge is -2.33. The molecule has 0 aliphatic carbocycles. The summed E-state index contributed by atoms with van der Waals surface area (Å²) in [6.45, 7) is 1.60. The second-order valence-electron chi connectivity index (χ2n) is 5.61. The lowest BCUT2D eigenvalue weighted by atomic mass is 10.1. The topological polar surface area (TPSA) is 48.0 Å². The van der Waals surface area contributed by atoms with Gasteiger partial charge in [0.2, 0.25) is 12.7 Å². The molecule has 0 N–H and O–H groups in total. The van der Waals surface area contributed by atoms with Gasteiger partial charge in [-0.1, -0.05) is 6.07 Å². The number of nitrogens with zero attached hydrogens (tertiary/aromatic N) is 1. The van der Waals surface area contributed by atoms with Gasteiger partial charge in [0, 0.05) is 6.08 Å². The first kappa shape index (κ1) is 12.7. The van der Waals surface area contributed by atoms with Crippen molar-refractivity contribution in [1.29, 1.82) is 0 Å². The van der Waals surface area contributed by atoms with E-state index in [9.17, 15) is 4.79 Å². The van der Waals surface area contributed by atoms with Gasteiger partial charge in [-0.3, -0.25) is 4.79 Å². The van der Waals surface area contributed by atoms with E-state index in [0.717, 1.165) is 29.9 Å². The van der Waals surface area contributed by atoms with E-state index < -0.39 is 0 Å². The number of carbonyl (C=O) groups is 1. The van der Waals surface area contributed by atoms with Crippen LogP contribution in [0, 0.1) is 0 Å². The van der Waals surface area contributed by atoms with Gasteiger partial charge in [0.25, 0.3) is 0 Å². The number of ether oxygens (including phenoxy) is 3. The van der Waals surface area contributed by atoms with Crippen LogP contribution in [-0.4, -0.2) is 42.9 Å². The van der Waals surface area contributed by atoms with E-state index in [0.29, 0.717) is 13.2 Å². The molecule has 0 aromatic heterocycles. The monoisotopic (exact) mass is 287 g/mol. The minimum atomic E-state index is 0.0727. The summed E-state index contributed by atoms with van der Waals surface area (Å²) in [6, 6.07) is 6.17. The van der Waals surface area contributed by atoms with Gasteiger partial charge in [-0.05, 0) is 36.6 Å². The van der Waals surface area contributed by atoms with Crippen LogP contribution >= 0.6 is 0 Å². The molecule has 2 fully saturated rings.